The van der Waals surface area contributed by atoms with Gasteiger partial charge in [-0.1, -0.05) is 12.1 Å². The minimum Gasteiger partial charge on any atom is -0.429 e. The summed E-state index contributed by atoms with van der Waals surface area (Å²) in [6, 6.07) is 8.37. The molecule has 8 heteroatoms. The predicted octanol–water partition coefficient (Wildman–Crippen LogP) is 5.47. The third kappa shape index (κ3) is 3.78. The Kier molecular flexibility index (Phi) is 5.01. The van der Waals surface area contributed by atoms with Crippen molar-refractivity contribution in [3.05, 3.63) is 82.8 Å². The first-order valence-electron chi connectivity index (χ1n) is 7.90. The van der Waals surface area contributed by atoms with Crippen LogP contribution in [0.15, 0.2) is 48.7 Å². The van der Waals surface area contributed by atoms with Crippen molar-refractivity contribution in [1.29, 1.82) is 5.26 Å². The van der Waals surface area contributed by atoms with Gasteiger partial charge < -0.3 is 4.74 Å². The molecule has 0 spiro atoms. The summed E-state index contributed by atoms with van der Waals surface area (Å²) < 4.78 is 74.5. The molecular formula is C20H11F5N2O. The molecule has 3 rings (SSSR count). The Bertz CT molecular complexity index is 1050. The molecule has 28 heavy (non-hydrogen) atoms. The van der Waals surface area contributed by atoms with E-state index < -0.39 is 40.4 Å². The fourth-order valence-electron chi connectivity index (χ4n) is 2.47. The van der Waals surface area contributed by atoms with E-state index in [1.54, 1.807) is 18.3 Å². The van der Waals surface area contributed by atoms with Crippen molar-refractivity contribution in [3.63, 3.8) is 0 Å². The van der Waals surface area contributed by atoms with Crippen molar-refractivity contribution in [2.24, 2.45) is 0 Å². The van der Waals surface area contributed by atoms with Gasteiger partial charge in [-0.25, -0.2) is 13.2 Å². The lowest BCUT2D eigenvalue weighted by Crippen LogP contribution is -2.23. The van der Waals surface area contributed by atoms with Gasteiger partial charge in [0.05, 0.1) is 11.3 Å². The molecule has 0 saturated heterocycles. The highest BCUT2D eigenvalue weighted by Crippen LogP contribution is 2.35. The van der Waals surface area contributed by atoms with Crippen LogP contribution in [0.25, 0.3) is 11.3 Å². The van der Waals surface area contributed by atoms with Crippen LogP contribution in [0.4, 0.5) is 22.0 Å². The van der Waals surface area contributed by atoms with E-state index in [9.17, 15) is 22.0 Å². The van der Waals surface area contributed by atoms with E-state index in [4.69, 9.17) is 5.26 Å². The highest BCUT2D eigenvalue weighted by Gasteiger charge is 2.38. The highest BCUT2D eigenvalue weighted by molar-refractivity contribution is 5.60. The van der Waals surface area contributed by atoms with Gasteiger partial charge in [-0.3, -0.25) is 4.98 Å². The molecule has 0 amide bonds. The number of rotatable bonds is 4. The van der Waals surface area contributed by atoms with E-state index >= 15 is 0 Å². The van der Waals surface area contributed by atoms with E-state index in [0.717, 1.165) is 17.7 Å². The number of benzene rings is 2. The zero-order chi connectivity index (χ0) is 20.5. The van der Waals surface area contributed by atoms with E-state index in [1.165, 1.54) is 12.1 Å². The molecule has 1 heterocycles. The van der Waals surface area contributed by atoms with Gasteiger partial charge in [0.2, 0.25) is 0 Å². The smallest absolute Gasteiger partial charge is 0.429 e. The molecule has 0 N–H and O–H groups in total. The van der Waals surface area contributed by atoms with Crippen LogP contribution in [-0.2, 0) is 6.11 Å². The molecule has 2 aromatic carbocycles. The molecule has 0 atom stereocenters. The average molecular weight is 390 g/mol. The number of hydrogen-bond donors (Lipinski definition) is 0. The maximum atomic E-state index is 14.3. The summed E-state index contributed by atoms with van der Waals surface area (Å²) in [4.78, 5) is 4.09. The first kappa shape index (κ1) is 19.3. The second kappa shape index (κ2) is 7.27. The van der Waals surface area contributed by atoms with Crippen molar-refractivity contribution in [3.8, 4) is 23.1 Å². The number of alkyl halides is 2. The van der Waals surface area contributed by atoms with Gasteiger partial charge in [-0.05, 0) is 30.7 Å². The van der Waals surface area contributed by atoms with E-state index in [2.05, 4.69) is 9.72 Å². The molecule has 0 saturated carbocycles. The fraction of sp³-hybridized carbons (Fsp3) is 0.100. The SMILES string of the molecule is Cc1ccc(-c2ccc(C(F)(F)Oc3cc(F)c(C#N)c(F)c3)c(F)c2)nc1. The molecular weight excluding hydrogens is 379 g/mol. The van der Waals surface area contributed by atoms with Gasteiger partial charge in [0, 0.05) is 23.9 Å². The summed E-state index contributed by atoms with van der Waals surface area (Å²) in [5, 5.41) is 8.60. The summed E-state index contributed by atoms with van der Waals surface area (Å²) >= 11 is 0. The normalized spacial score (nSPS) is 11.2. The zero-order valence-corrected chi connectivity index (χ0v) is 14.3. The van der Waals surface area contributed by atoms with Crippen LogP contribution in [0.2, 0.25) is 0 Å². The third-order valence-electron chi connectivity index (χ3n) is 3.86. The number of halogens is 5. The van der Waals surface area contributed by atoms with Crippen LogP contribution < -0.4 is 4.74 Å². The number of aryl methyl sites for hydroxylation is 1. The highest BCUT2D eigenvalue weighted by atomic mass is 19.3. The number of nitrogens with zero attached hydrogens (tertiary/aromatic N) is 2. The molecule has 3 aromatic rings. The predicted molar refractivity (Wildman–Crippen MR) is 90.0 cm³/mol. The maximum absolute atomic E-state index is 14.3. The van der Waals surface area contributed by atoms with Crippen molar-refractivity contribution >= 4 is 0 Å². The summed E-state index contributed by atoms with van der Waals surface area (Å²) in [6.45, 7) is 1.81. The Hall–Kier alpha value is -3.47. The van der Waals surface area contributed by atoms with Crippen LogP contribution in [0.5, 0.6) is 5.75 Å². The minimum absolute atomic E-state index is 0.271. The molecule has 0 unspecified atom stereocenters. The van der Waals surface area contributed by atoms with Crippen molar-refractivity contribution in [2.75, 3.05) is 0 Å². The van der Waals surface area contributed by atoms with Gasteiger partial charge in [0.15, 0.2) is 0 Å². The molecule has 0 aliphatic heterocycles. The van der Waals surface area contributed by atoms with E-state index in [-0.39, 0.29) is 5.56 Å². The quantitative estimate of drug-likeness (QED) is 0.555. The van der Waals surface area contributed by atoms with Crippen molar-refractivity contribution < 1.29 is 26.7 Å². The van der Waals surface area contributed by atoms with Gasteiger partial charge in [0.25, 0.3) is 0 Å². The van der Waals surface area contributed by atoms with Crippen LogP contribution in [0, 0.1) is 35.7 Å². The van der Waals surface area contributed by atoms with E-state index in [1.807, 2.05) is 6.92 Å². The number of ether oxygens (including phenoxy) is 1. The maximum Gasteiger partial charge on any atom is 0.429 e. The number of hydrogen-bond acceptors (Lipinski definition) is 3. The lowest BCUT2D eigenvalue weighted by Gasteiger charge is -2.19. The van der Waals surface area contributed by atoms with Gasteiger partial charge in [-0.15, -0.1) is 0 Å². The van der Waals surface area contributed by atoms with Gasteiger partial charge >= 0.3 is 6.11 Å². The third-order valence-corrected chi connectivity index (χ3v) is 3.86. The van der Waals surface area contributed by atoms with Gasteiger partial charge in [-0.2, -0.15) is 14.0 Å². The van der Waals surface area contributed by atoms with Crippen molar-refractivity contribution in [2.45, 2.75) is 13.0 Å². The second-order valence-corrected chi connectivity index (χ2v) is 5.91. The van der Waals surface area contributed by atoms with E-state index in [0.29, 0.717) is 17.8 Å². The fourth-order valence-corrected chi connectivity index (χ4v) is 2.47. The zero-order valence-electron chi connectivity index (χ0n) is 14.3. The molecule has 142 valence electrons. The molecule has 0 radical (unpaired) electrons. The Balaban J connectivity index is 1.92. The molecule has 0 fully saturated rings. The second-order valence-electron chi connectivity index (χ2n) is 5.91. The Morgan fingerprint density at radius 3 is 2.18 bits per heavy atom. The van der Waals surface area contributed by atoms with Crippen LogP contribution >= 0.6 is 0 Å². The summed E-state index contributed by atoms with van der Waals surface area (Å²) in [7, 11) is 0. The summed E-state index contributed by atoms with van der Waals surface area (Å²) in [5.41, 5.74) is -0.517. The lowest BCUT2D eigenvalue weighted by atomic mass is 10.1. The van der Waals surface area contributed by atoms with Gasteiger partial charge in [0.1, 0.15) is 34.8 Å². The monoisotopic (exact) mass is 390 g/mol. The first-order valence-corrected chi connectivity index (χ1v) is 7.90. The van der Waals surface area contributed by atoms with Crippen LogP contribution in [-0.4, -0.2) is 4.98 Å². The van der Waals surface area contributed by atoms with Crippen LogP contribution in [0.3, 0.4) is 0 Å². The Labute approximate surface area is 156 Å². The standard InChI is InChI=1S/C20H11F5N2O/c1-11-2-5-19(27-10-11)12-3-4-15(18(23)6-12)20(24,25)28-13-7-16(21)14(9-26)17(22)8-13/h2-8,10H,1H3. The minimum atomic E-state index is -4.21. The molecule has 3 nitrogen and oxygen atoms in total. The summed E-state index contributed by atoms with van der Waals surface area (Å²) in [6.07, 6.45) is -2.66. The lowest BCUT2D eigenvalue weighted by molar-refractivity contribution is -0.187. The number of aromatic nitrogens is 1. The average Bonchev–Trinajstić information content (AvgIpc) is 2.61. The molecule has 1 aromatic heterocycles. The van der Waals surface area contributed by atoms with Crippen LogP contribution in [0.1, 0.15) is 16.7 Å². The first-order chi connectivity index (χ1) is 13.2. The molecule has 0 aliphatic carbocycles. The largest absolute Gasteiger partial charge is 0.429 e. The summed E-state index contributed by atoms with van der Waals surface area (Å²) in [5.74, 6) is -4.90. The Morgan fingerprint density at radius 2 is 1.64 bits per heavy atom. The number of nitriles is 1. The topological polar surface area (TPSA) is 45.9 Å². The molecule has 0 bridgehead atoms. The number of pyridine rings is 1. The van der Waals surface area contributed by atoms with Crippen molar-refractivity contribution in [1.82, 2.24) is 4.98 Å². The Morgan fingerprint density at radius 1 is 0.964 bits per heavy atom. The molecule has 0 aliphatic rings.